The summed E-state index contributed by atoms with van der Waals surface area (Å²) < 4.78 is 32.3. The highest BCUT2D eigenvalue weighted by Gasteiger charge is 2.27. The molecule has 0 aromatic heterocycles. The predicted octanol–water partition coefficient (Wildman–Crippen LogP) is 1.77. The average Bonchev–Trinajstić information content (AvgIpc) is 2.97. The first-order valence-electron chi connectivity index (χ1n) is 7.37. The zero-order chi connectivity index (χ0) is 15.5. The highest BCUT2D eigenvalue weighted by Crippen LogP contribution is 2.24. The fraction of sp³-hybridized carbons (Fsp3) is 0.600. The molecule has 1 unspecified atom stereocenters. The molecule has 6 heteroatoms. The molecule has 1 atom stereocenters. The zero-order valence-corrected chi connectivity index (χ0v) is 13.7. The molecule has 0 radical (unpaired) electrons. The minimum atomic E-state index is -3.45. The summed E-state index contributed by atoms with van der Waals surface area (Å²) in [4.78, 5) is 0.334. The second-order valence-corrected chi connectivity index (χ2v) is 7.32. The highest BCUT2D eigenvalue weighted by molar-refractivity contribution is 7.89. The van der Waals surface area contributed by atoms with Gasteiger partial charge in [-0.3, -0.25) is 0 Å². The second kappa shape index (κ2) is 6.77. The summed E-state index contributed by atoms with van der Waals surface area (Å²) in [5.41, 5.74) is 0.827. The Kier molecular flexibility index (Phi) is 5.24. The van der Waals surface area contributed by atoms with E-state index in [4.69, 9.17) is 4.74 Å². The number of hydrogen-bond acceptors (Lipinski definition) is 4. The normalized spacial score (nSPS) is 19.1. The summed E-state index contributed by atoms with van der Waals surface area (Å²) >= 11 is 0. The Balaban J connectivity index is 2.23. The molecule has 1 aliphatic heterocycles. The number of nitrogens with zero attached hydrogens (tertiary/aromatic N) is 1. The van der Waals surface area contributed by atoms with Crippen molar-refractivity contribution in [1.29, 1.82) is 0 Å². The van der Waals surface area contributed by atoms with E-state index in [9.17, 15) is 8.42 Å². The average molecular weight is 312 g/mol. The minimum absolute atomic E-state index is 0.263. The SMILES string of the molecule is CCN(CC1CCCN1)S(=O)(=O)c1ccc(OC)c(C)c1. The summed E-state index contributed by atoms with van der Waals surface area (Å²) in [5, 5.41) is 3.35. The summed E-state index contributed by atoms with van der Waals surface area (Å²) in [6.07, 6.45) is 2.15. The Morgan fingerprint density at radius 1 is 1.43 bits per heavy atom. The largest absolute Gasteiger partial charge is 0.496 e. The van der Waals surface area contributed by atoms with Crippen LogP contribution >= 0.6 is 0 Å². The van der Waals surface area contributed by atoms with Gasteiger partial charge in [-0.2, -0.15) is 4.31 Å². The maximum Gasteiger partial charge on any atom is 0.243 e. The van der Waals surface area contributed by atoms with Crippen molar-refractivity contribution in [3.63, 3.8) is 0 Å². The van der Waals surface area contributed by atoms with Crippen LogP contribution in [0.1, 0.15) is 25.3 Å². The Labute approximate surface area is 127 Å². The van der Waals surface area contributed by atoms with E-state index in [1.165, 1.54) is 0 Å². The first kappa shape index (κ1) is 16.3. The summed E-state index contributed by atoms with van der Waals surface area (Å²) in [6, 6.07) is 5.27. The van der Waals surface area contributed by atoms with E-state index in [0.717, 1.165) is 24.9 Å². The third-order valence-corrected chi connectivity index (χ3v) is 5.88. The second-order valence-electron chi connectivity index (χ2n) is 5.38. The van der Waals surface area contributed by atoms with Crippen LogP contribution in [0.15, 0.2) is 23.1 Å². The third-order valence-electron chi connectivity index (χ3n) is 3.94. The molecule has 2 rings (SSSR count). The number of aryl methyl sites for hydroxylation is 1. The molecule has 1 fully saturated rings. The van der Waals surface area contributed by atoms with E-state index in [0.29, 0.717) is 23.7 Å². The standard InChI is InChI=1S/C15H24N2O3S/c1-4-17(11-13-6-5-9-16-13)21(18,19)14-7-8-15(20-3)12(2)10-14/h7-8,10,13,16H,4-6,9,11H2,1-3H3. The van der Waals surface area contributed by atoms with Gasteiger partial charge < -0.3 is 10.1 Å². The Bertz CT molecular complexity index is 581. The molecule has 1 saturated heterocycles. The van der Waals surface area contributed by atoms with Gasteiger partial charge in [0.05, 0.1) is 12.0 Å². The molecule has 0 saturated carbocycles. The summed E-state index contributed by atoms with van der Waals surface area (Å²) in [6.45, 7) is 5.72. The fourth-order valence-electron chi connectivity index (χ4n) is 2.72. The van der Waals surface area contributed by atoms with E-state index in [-0.39, 0.29) is 6.04 Å². The predicted molar refractivity (Wildman–Crippen MR) is 83.2 cm³/mol. The molecule has 5 nitrogen and oxygen atoms in total. The number of likely N-dealkylation sites (N-methyl/N-ethyl adjacent to an activating group) is 1. The molecular formula is C15H24N2O3S. The molecule has 1 N–H and O–H groups in total. The molecule has 0 spiro atoms. The number of sulfonamides is 1. The summed E-state index contributed by atoms with van der Waals surface area (Å²) in [7, 11) is -1.86. The molecule has 0 bridgehead atoms. The van der Waals surface area contributed by atoms with Crippen LogP contribution in [-0.4, -0.2) is 45.5 Å². The zero-order valence-electron chi connectivity index (χ0n) is 12.9. The molecule has 21 heavy (non-hydrogen) atoms. The van der Waals surface area contributed by atoms with Crippen molar-refractivity contribution < 1.29 is 13.2 Å². The van der Waals surface area contributed by atoms with Crippen molar-refractivity contribution in [2.75, 3.05) is 26.7 Å². The van der Waals surface area contributed by atoms with Crippen LogP contribution in [0.25, 0.3) is 0 Å². The lowest BCUT2D eigenvalue weighted by Crippen LogP contribution is -2.40. The van der Waals surface area contributed by atoms with Crippen molar-refractivity contribution in [2.24, 2.45) is 0 Å². The van der Waals surface area contributed by atoms with Crippen molar-refractivity contribution in [1.82, 2.24) is 9.62 Å². The maximum absolute atomic E-state index is 12.8. The molecule has 1 aliphatic rings. The van der Waals surface area contributed by atoms with Crippen molar-refractivity contribution >= 4 is 10.0 Å². The fourth-order valence-corrected chi connectivity index (χ4v) is 4.30. The van der Waals surface area contributed by atoms with Crippen molar-refractivity contribution in [3.8, 4) is 5.75 Å². The van der Waals surface area contributed by atoms with E-state index in [1.54, 1.807) is 29.6 Å². The van der Waals surface area contributed by atoms with Crippen LogP contribution in [0.3, 0.4) is 0 Å². The Morgan fingerprint density at radius 2 is 2.19 bits per heavy atom. The number of nitrogens with one attached hydrogen (secondary N) is 1. The molecule has 1 heterocycles. The lowest BCUT2D eigenvalue weighted by atomic mass is 10.2. The van der Waals surface area contributed by atoms with Gasteiger partial charge in [0.2, 0.25) is 10.0 Å². The van der Waals surface area contributed by atoms with Gasteiger partial charge in [-0.1, -0.05) is 6.92 Å². The van der Waals surface area contributed by atoms with Crippen LogP contribution in [0.2, 0.25) is 0 Å². The van der Waals surface area contributed by atoms with Gasteiger partial charge in [-0.05, 0) is 50.1 Å². The Hall–Kier alpha value is -1.11. The van der Waals surface area contributed by atoms with Crippen LogP contribution in [0.4, 0.5) is 0 Å². The van der Waals surface area contributed by atoms with Crippen LogP contribution in [0.5, 0.6) is 5.75 Å². The van der Waals surface area contributed by atoms with E-state index >= 15 is 0 Å². The van der Waals surface area contributed by atoms with Crippen molar-refractivity contribution in [2.45, 2.75) is 37.6 Å². The number of methoxy groups -OCH3 is 1. The van der Waals surface area contributed by atoms with Gasteiger partial charge in [-0.15, -0.1) is 0 Å². The van der Waals surface area contributed by atoms with Gasteiger partial charge in [-0.25, -0.2) is 8.42 Å². The molecule has 0 amide bonds. The third kappa shape index (κ3) is 3.56. The maximum atomic E-state index is 12.8. The summed E-state index contributed by atoms with van der Waals surface area (Å²) in [5.74, 6) is 0.703. The van der Waals surface area contributed by atoms with E-state index in [1.807, 2.05) is 13.8 Å². The van der Waals surface area contributed by atoms with E-state index < -0.39 is 10.0 Å². The highest BCUT2D eigenvalue weighted by atomic mass is 32.2. The number of benzene rings is 1. The minimum Gasteiger partial charge on any atom is -0.496 e. The first-order chi connectivity index (χ1) is 9.98. The smallest absolute Gasteiger partial charge is 0.243 e. The van der Waals surface area contributed by atoms with E-state index in [2.05, 4.69) is 5.32 Å². The number of hydrogen-bond donors (Lipinski definition) is 1. The van der Waals surface area contributed by atoms with Gasteiger partial charge >= 0.3 is 0 Å². The lowest BCUT2D eigenvalue weighted by molar-refractivity contribution is 0.382. The van der Waals surface area contributed by atoms with Gasteiger partial charge in [0, 0.05) is 19.1 Å². The van der Waals surface area contributed by atoms with Crippen molar-refractivity contribution in [3.05, 3.63) is 23.8 Å². The molecule has 0 aliphatic carbocycles. The topological polar surface area (TPSA) is 58.6 Å². The van der Waals surface area contributed by atoms with Gasteiger partial charge in [0.1, 0.15) is 5.75 Å². The van der Waals surface area contributed by atoms with Crippen LogP contribution in [-0.2, 0) is 10.0 Å². The quantitative estimate of drug-likeness (QED) is 0.870. The number of rotatable bonds is 6. The molecule has 1 aromatic carbocycles. The van der Waals surface area contributed by atoms with Crippen LogP contribution in [0, 0.1) is 6.92 Å². The number of ether oxygens (including phenoxy) is 1. The lowest BCUT2D eigenvalue weighted by Gasteiger charge is -2.24. The van der Waals surface area contributed by atoms with Gasteiger partial charge in [0.15, 0.2) is 0 Å². The Morgan fingerprint density at radius 3 is 2.71 bits per heavy atom. The molecular weight excluding hydrogens is 288 g/mol. The van der Waals surface area contributed by atoms with Gasteiger partial charge in [0.25, 0.3) is 0 Å². The van der Waals surface area contributed by atoms with Crippen LogP contribution < -0.4 is 10.1 Å². The molecule has 118 valence electrons. The molecule has 1 aromatic rings. The first-order valence-corrected chi connectivity index (χ1v) is 8.81. The monoisotopic (exact) mass is 312 g/mol.